The Morgan fingerprint density at radius 2 is 1.81 bits per heavy atom. The molecule has 2 amide bonds. The molecule has 0 radical (unpaired) electrons. The molecule has 36 heavy (non-hydrogen) atoms. The summed E-state index contributed by atoms with van der Waals surface area (Å²) in [7, 11) is 1.25. The number of benzene rings is 1. The molecule has 3 rings (SSSR count). The van der Waals surface area contributed by atoms with E-state index < -0.39 is 23.9 Å². The van der Waals surface area contributed by atoms with Crippen LogP contribution in [0.25, 0.3) is 0 Å². The zero-order chi connectivity index (χ0) is 26.5. The number of hydrogen-bond donors (Lipinski definition) is 2. The fraction of sp³-hybridized carbons (Fsp3) is 0.250. The number of carbonyl (C=O) groups is 2. The predicted molar refractivity (Wildman–Crippen MR) is 123 cm³/mol. The van der Waals surface area contributed by atoms with E-state index in [-0.39, 0.29) is 40.1 Å². The van der Waals surface area contributed by atoms with E-state index in [1.54, 1.807) is 6.07 Å². The number of ether oxygens (including phenoxy) is 3. The second-order valence-corrected chi connectivity index (χ2v) is 7.98. The first kappa shape index (κ1) is 26.3. The lowest BCUT2D eigenvalue weighted by atomic mass is 10.1. The van der Waals surface area contributed by atoms with Crippen LogP contribution in [0.4, 0.5) is 18.9 Å². The van der Waals surface area contributed by atoms with Crippen molar-refractivity contribution in [3.8, 4) is 23.0 Å². The number of anilines is 1. The van der Waals surface area contributed by atoms with Crippen LogP contribution in [-0.4, -0.2) is 35.3 Å². The van der Waals surface area contributed by atoms with Gasteiger partial charge >= 0.3 is 6.36 Å². The summed E-state index contributed by atoms with van der Waals surface area (Å²) in [4.78, 5) is 32.6. The van der Waals surface area contributed by atoms with Gasteiger partial charge in [-0.15, -0.1) is 13.2 Å². The molecule has 0 atom stereocenters. The Labute approximate surface area is 204 Å². The fourth-order valence-corrected chi connectivity index (χ4v) is 3.15. The van der Waals surface area contributed by atoms with Crippen molar-refractivity contribution < 1.29 is 37.0 Å². The van der Waals surface area contributed by atoms with Crippen molar-refractivity contribution in [3.05, 3.63) is 65.7 Å². The van der Waals surface area contributed by atoms with Crippen molar-refractivity contribution >= 4 is 17.5 Å². The summed E-state index contributed by atoms with van der Waals surface area (Å²) in [6.45, 7) is 3.98. The van der Waals surface area contributed by atoms with E-state index in [1.807, 2.05) is 13.8 Å². The quantitative estimate of drug-likeness (QED) is 0.432. The fourth-order valence-electron chi connectivity index (χ4n) is 3.15. The number of hydrogen-bond acceptors (Lipinski definition) is 7. The highest BCUT2D eigenvalue weighted by atomic mass is 19.4. The number of nitrogens with one attached hydrogen (secondary N) is 1. The molecule has 3 N–H and O–H groups in total. The van der Waals surface area contributed by atoms with Crippen LogP contribution in [0.5, 0.6) is 23.0 Å². The van der Waals surface area contributed by atoms with Crippen LogP contribution < -0.4 is 25.3 Å². The molecule has 3 aromatic rings. The SMILES string of the molecule is COc1cc(OC(F)(F)F)ccc1Oc1cc(CC(C)C)ncc1C(=O)Nc1ccnc(C(N)=O)c1. The highest BCUT2D eigenvalue weighted by Gasteiger charge is 2.31. The molecule has 2 aromatic heterocycles. The second kappa shape index (κ2) is 10.9. The van der Waals surface area contributed by atoms with Gasteiger partial charge < -0.3 is 25.3 Å². The molecule has 0 saturated carbocycles. The third-order valence-electron chi connectivity index (χ3n) is 4.64. The van der Waals surface area contributed by atoms with Crippen LogP contribution >= 0.6 is 0 Å². The Morgan fingerprint density at radius 3 is 2.44 bits per heavy atom. The number of aromatic nitrogens is 2. The topological polar surface area (TPSA) is 126 Å². The molecule has 0 aliphatic rings. The van der Waals surface area contributed by atoms with E-state index in [9.17, 15) is 22.8 Å². The maximum atomic E-state index is 13.1. The van der Waals surface area contributed by atoms with Gasteiger partial charge in [-0.1, -0.05) is 13.8 Å². The first-order valence-electron chi connectivity index (χ1n) is 10.6. The summed E-state index contributed by atoms with van der Waals surface area (Å²) >= 11 is 0. The number of nitrogens with zero attached hydrogens (tertiary/aromatic N) is 2. The average molecular weight is 504 g/mol. The van der Waals surface area contributed by atoms with E-state index in [0.29, 0.717) is 12.1 Å². The number of rotatable bonds is 9. The Kier molecular flexibility index (Phi) is 7.97. The largest absolute Gasteiger partial charge is 0.573 e. The van der Waals surface area contributed by atoms with Crippen LogP contribution in [0.3, 0.4) is 0 Å². The zero-order valence-electron chi connectivity index (χ0n) is 19.6. The number of pyridine rings is 2. The molecular weight excluding hydrogens is 481 g/mol. The number of carbonyl (C=O) groups excluding carboxylic acids is 2. The number of methoxy groups -OCH3 is 1. The van der Waals surface area contributed by atoms with Crippen molar-refractivity contribution in [2.24, 2.45) is 11.7 Å². The minimum Gasteiger partial charge on any atom is -0.493 e. The van der Waals surface area contributed by atoms with Gasteiger partial charge in [0.05, 0.1) is 7.11 Å². The third-order valence-corrected chi connectivity index (χ3v) is 4.64. The molecule has 0 aliphatic carbocycles. The summed E-state index contributed by atoms with van der Waals surface area (Å²) in [5.74, 6) is -1.55. The molecule has 1 aromatic carbocycles. The number of primary amides is 1. The van der Waals surface area contributed by atoms with Gasteiger partial charge in [0.25, 0.3) is 11.8 Å². The van der Waals surface area contributed by atoms with Gasteiger partial charge in [0.2, 0.25) is 0 Å². The second-order valence-electron chi connectivity index (χ2n) is 7.98. The molecule has 0 saturated heterocycles. The van der Waals surface area contributed by atoms with Crippen molar-refractivity contribution in [2.45, 2.75) is 26.6 Å². The lowest BCUT2D eigenvalue weighted by Gasteiger charge is -2.16. The molecule has 2 heterocycles. The van der Waals surface area contributed by atoms with Gasteiger partial charge in [0, 0.05) is 35.9 Å². The Bertz CT molecular complexity index is 1260. The van der Waals surface area contributed by atoms with Crippen molar-refractivity contribution in [3.63, 3.8) is 0 Å². The molecular formula is C24H23F3N4O5. The standard InChI is InChI=1S/C24H23F3N4O5/c1-13(2)8-15-10-20(35-19-5-4-16(11-21(19)34-3)36-24(25,26)27)17(12-30-15)23(33)31-14-6-7-29-18(9-14)22(28)32/h4-7,9-13H,8H2,1-3H3,(H2,28,32)(H,29,31,33). The third kappa shape index (κ3) is 7.08. The van der Waals surface area contributed by atoms with Crippen molar-refractivity contribution in [1.29, 1.82) is 0 Å². The van der Waals surface area contributed by atoms with Crippen LogP contribution in [0.15, 0.2) is 48.8 Å². The van der Waals surface area contributed by atoms with Gasteiger partial charge in [-0.2, -0.15) is 0 Å². The van der Waals surface area contributed by atoms with E-state index in [4.69, 9.17) is 15.2 Å². The van der Waals surface area contributed by atoms with Gasteiger partial charge in [-0.25, -0.2) is 0 Å². The summed E-state index contributed by atoms with van der Waals surface area (Å²) in [5.41, 5.74) is 6.11. The molecule has 190 valence electrons. The number of amides is 2. The molecule has 0 unspecified atom stereocenters. The zero-order valence-corrected chi connectivity index (χ0v) is 19.6. The van der Waals surface area contributed by atoms with E-state index >= 15 is 0 Å². The minimum absolute atomic E-state index is 0.0256. The lowest BCUT2D eigenvalue weighted by molar-refractivity contribution is -0.274. The summed E-state index contributed by atoms with van der Waals surface area (Å²) < 4.78 is 52.8. The molecule has 0 fully saturated rings. The lowest BCUT2D eigenvalue weighted by Crippen LogP contribution is -2.17. The normalized spacial score (nSPS) is 11.2. The first-order chi connectivity index (χ1) is 16.9. The predicted octanol–water partition coefficient (Wildman–Crippen LogP) is 4.73. The average Bonchev–Trinajstić information content (AvgIpc) is 2.79. The molecule has 12 heteroatoms. The van der Waals surface area contributed by atoms with Crippen LogP contribution in [0.1, 0.15) is 40.4 Å². The highest BCUT2D eigenvalue weighted by molar-refractivity contribution is 6.06. The Morgan fingerprint density at radius 1 is 1.06 bits per heavy atom. The molecule has 0 aliphatic heterocycles. The number of nitrogens with two attached hydrogens (primary N) is 1. The molecule has 0 spiro atoms. The maximum Gasteiger partial charge on any atom is 0.573 e. The number of alkyl halides is 3. The monoisotopic (exact) mass is 504 g/mol. The summed E-state index contributed by atoms with van der Waals surface area (Å²) in [5, 5.41) is 2.62. The highest BCUT2D eigenvalue weighted by Crippen LogP contribution is 2.37. The smallest absolute Gasteiger partial charge is 0.493 e. The van der Waals surface area contributed by atoms with Gasteiger partial charge in [-0.05, 0) is 36.6 Å². The van der Waals surface area contributed by atoms with E-state index in [0.717, 1.165) is 12.1 Å². The van der Waals surface area contributed by atoms with Crippen molar-refractivity contribution in [2.75, 3.05) is 12.4 Å². The first-order valence-corrected chi connectivity index (χ1v) is 10.6. The van der Waals surface area contributed by atoms with Gasteiger partial charge in [-0.3, -0.25) is 19.6 Å². The summed E-state index contributed by atoms with van der Waals surface area (Å²) in [6.07, 6.45) is -1.66. The minimum atomic E-state index is -4.88. The van der Waals surface area contributed by atoms with Gasteiger partial charge in [0.1, 0.15) is 22.8 Å². The van der Waals surface area contributed by atoms with Crippen molar-refractivity contribution in [1.82, 2.24) is 9.97 Å². The van der Waals surface area contributed by atoms with Crippen LogP contribution in [-0.2, 0) is 6.42 Å². The van der Waals surface area contributed by atoms with Gasteiger partial charge in [0.15, 0.2) is 11.5 Å². The van der Waals surface area contributed by atoms with Crippen LogP contribution in [0.2, 0.25) is 0 Å². The molecule has 0 bridgehead atoms. The Hall–Kier alpha value is -4.35. The van der Waals surface area contributed by atoms with E-state index in [1.165, 1.54) is 37.7 Å². The van der Waals surface area contributed by atoms with E-state index in [2.05, 4.69) is 20.0 Å². The summed E-state index contributed by atoms with van der Waals surface area (Å²) in [6, 6.07) is 7.64. The maximum absolute atomic E-state index is 13.1. The van der Waals surface area contributed by atoms with Crippen LogP contribution in [0, 0.1) is 5.92 Å². The Balaban J connectivity index is 1.96. The number of halogens is 3. The molecule has 9 nitrogen and oxygen atoms in total.